The third-order valence-corrected chi connectivity index (χ3v) is 3.85. The van der Waals surface area contributed by atoms with E-state index in [1.807, 2.05) is 0 Å². The molecule has 0 spiro atoms. The summed E-state index contributed by atoms with van der Waals surface area (Å²) in [5.41, 5.74) is 1.07. The van der Waals surface area contributed by atoms with Gasteiger partial charge in [0.15, 0.2) is 5.11 Å². The third kappa shape index (κ3) is 3.65. The van der Waals surface area contributed by atoms with Crippen molar-refractivity contribution in [1.82, 2.24) is 5.32 Å². The highest BCUT2D eigenvalue weighted by atomic mass is 32.1. The topological polar surface area (TPSA) is 81.3 Å². The SMILES string of the molecule is Cc1c(NC(=S)NC(=O)c2cccs2)cccc1C(=O)[O-]. The number of thiocarbonyl (C=S) groups is 1. The van der Waals surface area contributed by atoms with Gasteiger partial charge in [-0.05, 0) is 42.2 Å². The smallest absolute Gasteiger partial charge is 0.267 e. The molecular formula is C14H11N2O3S2-. The average Bonchev–Trinajstić information content (AvgIpc) is 2.94. The summed E-state index contributed by atoms with van der Waals surface area (Å²) < 4.78 is 0. The first-order valence-electron chi connectivity index (χ1n) is 5.96. The second-order valence-corrected chi connectivity index (χ2v) is 5.51. The van der Waals surface area contributed by atoms with Crippen molar-refractivity contribution < 1.29 is 14.7 Å². The van der Waals surface area contributed by atoms with Crippen molar-refractivity contribution >= 4 is 46.2 Å². The molecule has 7 heteroatoms. The van der Waals surface area contributed by atoms with Crippen LogP contribution in [0.5, 0.6) is 0 Å². The molecule has 1 amide bonds. The lowest BCUT2D eigenvalue weighted by Gasteiger charge is -2.14. The van der Waals surface area contributed by atoms with Gasteiger partial charge in [-0.1, -0.05) is 18.2 Å². The number of aromatic carboxylic acids is 1. The molecule has 21 heavy (non-hydrogen) atoms. The number of amides is 1. The van der Waals surface area contributed by atoms with Crippen molar-refractivity contribution in [2.24, 2.45) is 0 Å². The van der Waals surface area contributed by atoms with Gasteiger partial charge in [0.1, 0.15) is 0 Å². The van der Waals surface area contributed by atoms with E-state index in [9.17, 15) is 14.7 Å². The van der Waals surface area contributed by atoms with E-state index in [1.165, 1.54) is 17.4 Å². The molecule has 0 radical (unpaired) electrons. The summed E-state index contributed by atoms with van der Waals surface area (Å²) in [5.74, 6) is -1.57. The quantitative estimate of drug-likeness (QED) is 0.839. The number of hydrogen-bond acceptors (Lipinski definition) is 5. The van der Waals surface area contributed by atoms with Crippen molar-refractivity contribution in [3.8, 4) is 0 Å². The number of carboxylic acids is 1. The summed E-state index contributed by atoms with van der Waals surface area (Å²) >= 11 is 6.36. The molecule has 1 aromatic heterocycles. The monoisotopic (exact) mass is 319 g/mol. The maximum atomic E-state index is 11.8. The number of hydrogen-bond donors (Lipinski definition) is 2. The van der Waals surface area contributed by atoms with Gasteiger partial charge in [0, 0.05) is 11.3 Å². The molecule has 0 aliphatic heterocycles. The maximum Gasteiger partial charge on any atom is 0.267 e. The number of rotatable bonds is 3. The van der Waals surface area contributed by atoms with Gasteiger partial charge in [0.05, 0.1) is 10.8 Å². The summed E-state index contributed by atoms with van der Waals surface area (Å²) in [7, 11) is 0. The Kier molecular flexibility index (Phi) is 4.66. The van der Waals surface area contributed by atoms with Gasteiger partial charge in [0.25, 0.3) is 5.91 Å². The van der Waals surface area contributed by atoms with Crippen LogP contribution in [0, 0.1) is 6.92 Å². The van der Waals surface area contributed by atoms with E-state index in [-0.39, 0.29) is 16.6 Å². The second kappa shape index (κ2) is 6.47. The Hall–Kier alpha value is -2.25. The molecule has 0 aliphatic carbocycles. The molecule has 2 rings (SSSR count). The molecule has 2 N–H and O–H groups in total. The fraction of sp³-hybridized carbons (Fsp3) is 0.0714. The molecular weight excluding hydrogens is 308 g/mol. The van der Waals surface area contributed by atoms with Gasteiger partial charge >= 0.3 is 0 Å². The van der Waals surface area contributed by atoms with Crippen LogP contribution in [-0.2, 0) is 0 Å². The second-order valence-electron chi connectivity index (χ2n) is 4.15. The van der Waals surface area contributed by atoms with Crippen LogP contribution in [0.4, 0.5) is 5.69 Å². The Morgan fingerprint density at radius 1 is 1.24 bits per heavy atom. The predicted molar refractivity (Wildman–Crippen MR) is 83.5 cm³/mol. The predicted octanol–water partition coefficient (Wildman–Crippen LogP) is 1.55. The Morgan fingerprint density at radius 2 is 2.00 bits per heavy atom. The number of carboxylic acid groups (broad SMARTS) is 1. The van der Waals surface area contributed by atoms with Crippen molar-refractivity contribution in [1.29, 1.82) is 0 Å². The molecule has 2 aromatic rings. The lowest BCUT2D eigenvalue weighted by molar-refractivity contribution is -0.255. The molecule has 0 bridgehead atoms. The normalized spacial score (nSPS) is 9.95. The van der Waals surface area contributed by atoms with E-state index in [0.29, 0.717) is 16.1 Å². The highest BCUT2D eigenvalue weighted by Gasteiger charge is 2.10. The molecule has 0 saturated carbocycles. The zero-order chi connectivity index (χ0) is 15.4. The minimum atomic E-state index is -1.26. The molecule has 1 heterocycles. The average molecular weight is 319 g/mol. The summed E-state index contributed by atoms with van der Waals surface area (Å²) in [6, 6.07) is 8.15. The van der Waals surface area contributed by atoms with Crippen molar-refractivity contribution in [3.63, 3.8) is 0 Å². The molecule has 108 valence electrons. The highest BCUT2D eigenvalue weighted by molar-refractivity contribution is 7.80. The molecule has 0 saturated heterocycles. The Labute approximate surface area is 130 Å². The van der Waals surface area contributed by atoms with Crippen LogP contribution < -0.4 is 15.7 Å². The summed E-state index contributed by atoms with van der Waals surface area (Å²) in [6.07, 6.45) is 0. The number of carbonyl (C=O) groups excluding carboxylic acids is 2. The number of carbonyl (C=O) groups is 2. The van der Waals surface area contributed by atoms with Gasteiger partial charge < -0.3 is 15.2 Å². The van der Waals surface area contributed by atoms with Crippen LogP contribution in [0.2, 0.25) is 0 Å². The fourth-order valence-electron chi connectivity index (χ4n) is 1.72. The van der Waals surface area contributed by atoms with Crippen molar-refractivity contribution in [2.75, 3.05) is 5.32 Å². The van der Waals surface area contributed by atoms with Crippen LogP contribution in [0.1, 0.15) is 25.6 Å². The number of nitrogens with one attached hydrogen (secondary N) is 2. The number of anilines is 1. The lowest BCUT2D eigenvalue weighted by atomic mass is 10.1. The van der Waals surface area contributed by atoms with E-state index in [1.54, 1.807) is 36.6 Å². The van der Waals surface area contributed by atoms with Crippen LogP contribution in [0.25, 0.3) is 0 Å². The van der Waals surface area contributed by atoms with Gasteiger partial charge in [-0.2, -0.15) is 0 Å². The van der Waals surface area contributed by atoms with Gasteiger partial charge in [-0.3, -0.25) is 10.1 Å². The van der Waals surface area contributed by atoms with Crippen molar-refractivity contribution in [2.45, 2.75) is 6.92 Å². The Morgan fingerprint density at radius 3 is 2.62 bits per heavy atom. The fourth-order valence-corrected chi connectivity index (χ4v) is 2.54. The zero-order valence-electron chi connectivity index (χ0n) is 11.0. The van der Waals surface area contributed by atoms with Crippen LogP contribution in [0.15, 0.2) is 35.7 Å². The van der Waals surface area contributed by atoms with E-state index >= 15 is 0 Å². The van der Waals surface area contributed by atoms with Crippen LogP contribution in [0.3, 0.4) is 0 Å². The third-order valence-electron chi connectivity index (χ3n) is 2.77. The van der Waals surface area contributed by atoms with Crippen LogP contribution >= 0.6 is 23.6 Å². The first kappa shape index (κ1) is 15.1. The summed E-state index contributed by atoms with van der Waals surface area (Å²) in [4.78, 5) is 23.3. The van der Waals surface area contributed by atoms with E-state index in [4.69, 9.17) is 12.2 Å². The first-order valence-corrected chi connectivity index (χ1v) is 7.24. The van der Waals surface area contributed by atoms with Gasteiger partial charge in [-0.15, -0.1) is 11.3 Å². The Bertz CT molecular complexity index is 696. The van der Waals surface area contributed by atoms with Gasteiger partial charge in [-0.25, -0.2) is 0 Å². The highest BCUT2D eigenvalue weighted by Crippen LogP contribution is 2.18. The molecule has 0 aliphatic rings. The lowest BCUT2D eigenvalue weighted by Crippen LogP contribution is -2.34. The van der Waals surface area contributed by atoms with Gasteiger partial charge in [0.2, 0.25) is 0 Å². The van der Waals surface area contributed by atoms with E-state index in [2.05, 4.69) is 10.6 Å². The van der Waals surface area contributed by atoms with E-state index < -0.39 is 5.97 Å². The van der Waals surface area contributed by atoms with E-state index in [0.717, 1.165) is 0 Å². The molecule has 0 unspecified atom stereocenters. The number of thiophene rings is 1. The summed E-state index contributed by atoms with van der Waals surface area (Å²) in [5, 5.41) is 18.2. The maximum absolute atomic E-state index is 11.8. The van der Waals surface area contributed by atoms with Crippen molar-refractivity contribution in [3.05, 3.63) is 51.7 Å². The first-order chi connectivity index (χ1) is 9.99. The molecule has 0 atom stereocenters. The number of benzene rings is 1. The molecule has 1 aromatic carbocycles. The largest absolute Gasteiger partial charge is 0.545 e. The molecule has 0 fully saturated rings. The van der Waals surface area contributed by atoms with Crippen LogP contribution in [-0.4, -0.2) is 17.0 Å². The standard InChI is InChI=1S/C14H12N2O3S2/c1-8-9(13(18)19)4-2-5-10(8)15-14(20)16-12(17)11-6-3-7-21-11/h2-7H,1H3,(H,18,19)(H2,15,16,17,20)/p-1. The Balaban J connectivity index is 2.08. The minimum absolute atomic E-state index is 0.0763. The molecule has 5 nitrogen and oxygen atoms in total. The summed E-state index contributed by atoms with van der Waals surface area (Å²) in [6.45, 7) is 1.64. The zero-order valence-corrected chi connectivity index (χ0v) is 12.6. The minimum Gasteiger partial charge on any atom is -0.545 e.